The molecule has 0 saturated carbocycles. The zero-order valence-electron chi connectivity index (χ0n) is 14.6. The minimum absolute atomic E-state index is 0.0972. The Morgan fingerprint density at radius 1 is 1.11 bits per heavy atom. The Morgan fingerprint density at radius 3 is 2.67 bits per heavy atom. The molecule has 0 bridgehead atoms. The molecule has 5 heteroatoms. The zero-order valence-corrected chi connectivity index (χ0v) is 14.6. The molecule has 2 aromatic carbocycles. The van der Waals surface area contributed by atoms with Crippen LogP contribution in [0.2, 0.25) is 0 Å². The van der Waals surface area contributed by atoms with Gasteiger partial charge in [0.1, 0.15) is 23.9 Å². The van der Waals surface area contributed by atoms with E-state index in [0.717, 1.165) is 5.56 Å². The van der Waals surface area contributed by atoms with Crippen LogP contribution in [0.25, 0.3) is 6.08 Å². The summed E-state index contributed by atoms with van der Waals surface area (Å²) in [5, 5.41) is 0. The number of hydrogen-bond donors (Lipinski definition) is 0. The van der Waals surface area contributed by atoms with E-state index in [9.17, 15) is 9.18 Å². The van der Waals surface area contributed by atoms with Crippen LogP contribution >= 0.6 is 0 Å². The molecular weight excluding hydrogens is 345 g/mol. The second-order valence-corrected chi connectivity index (χ2v) is 6.17. The third kappa shape index (κ3) is 3.31. The first kappa shape index (κ1) is 17.0. The molecule has 1 aromatic heterocycles. The molecule has 1 aliphatic heterocycles. The van der Waals surface area contributed by atoms with E-state index in [4.69, 9.17) is 9.47 Å². The number of rotatable bonds is 4. The van der Waals surface area contributed by atoms with Crippen LogP contribution in [0.3, 0.4) is 0 Å². The Bertz CT molecular complexity index is 1040. The highest BCUT2D eigenvalue weighted by Crippen LogP contribution is 2.39. The molecule has 4 nitrogen and oxygen atoms in total. The van der Waals surface area contributed by atoms with Crippen LogP contribution in [0.4, 0.5) is 4.39 Å². The monoisotopic (exact) mass is 361 g/mol. The van der Waals surface area contributed by atoms with Crippen molar-refractivity contribution in [2.24, 2.45) is 0 Å². The van der Waals surface area contributed by atoms with Crippen molar-refractivity contribution < 1.29 is 18.7 Å². The van der Waals surface area contributed by atoms with E-state index in [1.54, 1.807) is 60.9 Å². The SMILES string of the molecule is Cc1c(OCc2ccccc2F)ccc2c1O/C(=C\c1ccncc1)C2=O. The van der Waals surface area contributed by atoms with E-state index in [1.807, 2.05) is 6.92 Å². The summed E-state index contributed by atoms with van der Waals surface area (Å²) in [6.07, 6.45) is 4.99. The fourth-order valence-corrected chi connectivity index (χ4v) is 2.91. The van der Waals surface area contributed by atoms with Crippen LogP contribution < -0.4 is 9.47 Å². The summed E-state index contributed by atoms with van der Waals surface area (Å²) in [5.74, 6) is 0.794. The average molecular weight is 361 g/mol. The number of nitrogens with zero attached hydrogens (tertiary/aromatic N) is 1. The normalized spacial score (nSPS) is 14.1. The Labute approximate surface area is 155 Å². The van der Waals surface area contributed by atoms with E-state index in [1.165, 1.54) is 6.07 Å². The third-order valence-electron chi connectivity index (χ3n) is 4.38. The maximum atomic E-state index is 13.8. The molecule has 3 aromatic rings. The molecule has 4 rings (SSSR count). The summed E-state index contributed by atoms with van der Waals surface area (Å²) in [6, 6.07) is 13.4. The van der Waals surface area contributed by atoms with Crippen LogP contribution in [-0.2, 0) is 6.61 Å². The van der Waals surface area contributed by atoms with Crippen LogP contribution in [0.15, 0.2) is 66.7 Å². The number of halogens is 1. The number of carbonyl (C=O) groups is 1. The largest absolute Gasteiger partial charge is 0.488 e. The van der Waals surface area contributed by atoms with Crippen molar-refractivity contribution in [1.29, 1.82) is 0 Å². The number of pyridine rings is 1. The van der Waals surface area contributed by atoms with Crippen molar-refractivity contribution in [3.8, 4) is 11.5 Å². The number of aromatic nitrogens is 1. The predicted octanol–water partition coefficient (Wildman–Crippen LogP) is 4.72. The van der Waals surface area contributed by atoms with Gasteiger partial charge in [-0.25, -0.2) is 4.39 Å². The summed E-state index contributed by atoms with van der Waals surface area (Å²) in [5.41, 5.74) is 2.49. The lowest BCUT2D eigenvalue weighted by atomic mass is 10.1. The molecule has 0 radical (unpaired) electrons. The van der Waals surface area contributed by atoms with Crippen molar-refractivity contribution in [3.05, 3.63) is 94.8 Å². The Morgan fingerprint density at radius 2 is 1.89 bits per heavy atom. The first-order valence-corrected chi connectivity index (χ1v) is 8.47. The summed E-state index contributed by atoms with van der Waals surface area (Å²) >= 11 is 0. The van der Waals surface area contributed by atoms with Gasteiger partial charge < -0.3 is 9.47 Å². The molecule has 0 spiro atoms. The Kier molecular flexibility index (Phi) is 4.42. The molecular formula is C22H16FNO3. The van der Waals surface area contributed by atoms with Crippen LogP contribution in [0.5, 0.6) is 11.5 Å². The number of allylic oxidation sites excluding steroid dienone is 1. The van der Waals surface area contributed by atoms with Gasteiger partial charge in [-0.15, -0.1) is 0 Å². The first-order chi connectivity index (χ1) is 13.1. The van der Waals surface area contributed by atoms with Crippen LogP contribution in [0, 0.1) is 12.7 Å². The molecule has 0 atom stereocenters. The topological polar surface area (TPSA) is 48.4 Å². The van der Waals surface area contributed by atoms with Crippen LogP contribution in [0.1, 0.15) is 27.0 Å². The molecule has 0 N–H and O–H groups in total. The molecule has 0 fully saturated rings. The number of ether oxygens (including phenoxy) is 2. The number of hydrogen-bond acceptors (Lipinski definition) is 4. The molecule has 1 aliphatic rings. The molecule has 0 amide bonds. The third-order valence-corrected chi connectivity index (χ3v) is 4.38. The van der Waals surface area contributed by atoms with Gasteiger partial charge >= 0.3 is 0 Å². The van der Waals surface area contributed by atoms with E-state index >= 15 is 0 Å². The lowest BCUT2D eigenvalue weighted by molar-refractivity contribution is 0.101. The highest BCUT2D eigenvalue weighted by atomic mass is 19.1. The first-order valence-electron chi connectivity index (χ1n) is 8.47. The fourth-order valence-electron chi connectivity index (χ4n) is 2.91. The predicted molar refractivity (Wildman–Crippen MR) is 99.1 cm³/mol. The number of benzene rings is 2. The van der Waals surface area contributed by atoms with Crippen molar-refractivity contribution in [3.63, 3.8) is 0 Å². The highest BCUT2D eigenvalue weighted by molar-refractivity contribution is 6.14. The average Bonchev–Trinajstić information content (AvgIpc) is 3.00. The minimum Gasteiger partial charge on any atom is -0.488 e. The van der Waals surface area contributed by atoms with Crippen molar-refractivity contribution >= 4 is 11.9 Å². The van der Waals surface area contributed by atoms with Crippen molar-refractivity contribution in [1.82, 2.24) is 4.98 Å². The lowest BCUT2D eigenvalue weighted by Gasteiger charge is -2.12. The fraction of sp³-hybridized carbons (Fsp3) is 0.0909. The maximum Gasteiger partial charge on any atom is 0.231 e. The molecule has 0 saturated heterocycles. The van der Waals surface area contributed by atoms with Gasteiger partial charge in [-0.05, 0) is 48.9 Å². The van der Waals surface area contributed by atoms with Gasteiger partial charge in [-0.2, -0.15) is 0 Å². The van der Waals surface area contributed by atoms with Crippen molar-refractivity contribution in [2.75, 3.05) is 0 Å². The summed E-state index contributed by atoms with van der Waals surface area (Å²) in [6.45, 7) is 1.91. The van der Waals surface area contributed by atoms with Gasteiger partial charge in [-0.1, -0.05) is 18.2 Å². The molecule has 27 heavy (non-hydrogen) atoms. The quantitative estimate of drug-likeness (QED) is 0.631. The number of fused-ring (bicyclic) bond motifs is 1. The highest BCUT2D eigenvalue weighted by Gasteiger charge is 2.30. The van der Waals surface area contributed by atoms with Gasteiger partial charge in [-0.3, -0.25) is 9.78 Å². The summed E-state index contributed by atoms with van der Waals surface area (Å²) in [4.78, 5) is 16.5. The van der Waals surface area contributed by atoms with E-state index < -0.39 is 0 Å². The van der Waals surface area contributed by atoms with E-state index in [-0.39, 0.29) is 24.0 Å². The Hall–Kier alpha value is -3.47. The molecule has 134 valence electrons. The lowest BCUT2D eigenvalue weighted by Crippen LogP contribution is -2.00. The van der Waals surface area contributed by atoms with Gasteiger partial charge in [0, 0.05) is 23.5 Å². The van der Waals surface area contributed by atoms with Gasteiger partial charge in [0.25, 0.3) is 0 Å². The van der Waals surface area contributed by atoms with Gasteiger partial charge in [0.2, 0.25) is 5.78 Å². The minimum atomic E-state index is -0.315. The molecule has 0 unspecified atom stereocenters. The molecule has 0 aliphatic carbocycles. The van der Waals surface area contributed by atoms with Gasteiger partial charge in [0.15, 0.2) is 5.76 Å². The zero-order chi connectivity index (χ0) is 18.8. The summed E-state index contributed by atoms with van der Waals surface area (Å²) in [7, 11) is 0. The van der Waals surface area contributed by atoms with E-state index in [0.29, 0.717) is 28.2 Å². The van der Waals surface area contributed by atoms with Crippen molar-refractivity contribution in [2.45, 2.75) is 13.5 Å². The maximum absolute atomic E-state index is 13.8. The van der Waals surface area contributed by atoms with Gasteiger partial charge in [0.05, 0.1) is 5.56 Å². The van der Waals surface area contributed by atoms with E-state index in [2.05, 4.69) is 4.98 Å². The number of carbonyl (C=O) groups excluding carboxylic acids is 1. The number of Topliss-reactive ketones (excluding diaryl/α,β-unsaturated/α-hetero) is 1. The standard InChI is InChI=1S/C22H16FNO3/c1-14-19(26-13-16-4-2-3-5-18(16)23)7-6-17-21(25)20(27-22(14)17)12-15-8-10-24-11-9-15/h2-12H,13H2,1H3/b20-12-. The second-order valence-electron chi connectivity index (χ2n) is 6.17. The molecule has 2 heterocycles. The summed E-state index contributed by atoms with van der Waals surface area (Å²) < 4.78 is 25.3. The number of ketones is 1. The van der Waals surface area contributed by atoms with Crippen LogP contribution in [-0.4, -0.2) is 10.8 Å². The second kappa shape index (κ2) is 7.03. The smallest absolute Gasteiger partial charge is 0.231 e. The Balaban J connectivity index is 1.59.